The van der Waals surface area contributed by atoms with E-state index in [0.29, 0.717) is 0 Å². The van der Waals surface area contributed by atoms with E-state index in [1.807, 2.05) is 0 Å². The molecule has 1 unspecified atom stereocenters. The van der Waals surface area contributed by atoms with Gasteiger partial charge < -0.3 is 5.11 Å². The van der Waals surface area contributed by atoms with Crippen molar-refractivity contribution < 1.29 is 9.90 Å². The lowest BCUT2D eigenvalue weighted by atomic mass is 9.80. The molecule has 0 aliphatic rings. The average molecular weight is 184 g/mol. The quantitative estimate of drug-likeness (QED) is 0.643. The predicted molar refractivity (Wildman–Crippen MR) is 54.7 cm³/mol. The normalized spacial score (nSPS) is 15.9. The highest BCUT2D eigenvalue weighted by molar-refractivity contribution is 5.79. The number of rotatable bonds is 6. The molecule has 1 atom stereocenters. The fourth-order valence-electron chi connectivity index (χ4n) is 1.47. The number of hydrogen-bond donors (Lipinski definition) is 1. The molecule has 0 radical (unpaired) electrons. The second-order valence-electron chi connectivity index (χ2n) is 3.86. The summed E-state index contributed by atoms with van der Waals surface area (Å²) >= 11 is 0. The molecule has 0 rings (SSSR count). The summed E-state index contributed by atoms with van der Waals surface area (Å²) in [6.45, 7) is 6.53. The molecule has 2 nitrogen and oxygen atoms in total. The van der Waals surface area contributed by atoms with Gasteiger partial charge in [-0.25, -0.2) is 4.79 Å². The SMILES string of the molecule is CCCC(C)(CC)CC=CC(=O)O. The van der Waals surface area contributed by atoms with Crippen LogP contribution < -0.4 is 0 Å². The third kappa shape index (κ3) is 5.45. The summed E-state index contributed by atoms with van der Waals surface area (Å²) in [6, 6.07) is 0. The smallest absolute Gasteiger partial charge is 0.327 e. The summed E-state index contributed by atoms with van der Waals surface area (Å²) in [7, 11) is 0. The zero-order chi connectivity index (χ0) is 10.3. The molecule has 0 bridgehead atoms. The van der Waals surface area contributed by atoms with E-state index in [2.05, 4.69) is 20.8 Å². The molecule has 76 valence electrons. The summed E-state index contributed by atoms with van der Waals surface area (Å²) < 4.78 is 0. The molecule has 0 saturated carbocycles. The van der Waals surface area contributed by atoms with Gasteiger partial charge in [-0.05, 0) is 18.3 Å². The Balaban J connectivity index is 4.03. The molecular formula is C11H20O2. The first-order chi connectivity index (χ1) is 6.04. The summed E-state index contributed by atoms with van der Waals surface area (Å²) in [5, 5.41) is 8.43. The van der Waals surface area contributed by atoms with E-state index in [-0.39, 0.29) is 5.41 Å². The predicted octanol–water partition coefficient (Wildman–Crippen LogP) is 3.23. The number of carbonyl (C=O) groups is 1. The molecule has 0 aromatic heterocycles. The lowest BCUT2D eigenvalue weighted by molar-refractivity contribution is -0.131. The van der Waals surface area contributed by atoms with Crippen molar-refractivity contribution in [3.8, 4) is 0 Å². The van der Waals surface area contributed by atoms with Gasteiger partial charge in [0.05, 0.1) is 0 Å². The molecule has 0 fully saturated rings. The second-order valence-corrected chi connectivity index (χ2v) is 3.86. The maximum Gasteiger partial charge on any atom is 0.327 e. The third-order valence-corrected chi connectivity index (χ3v) is 2.58. The Morgan fingerprint density at radius 3 is 2.46 bits per heavy atom. The van der Waals surface area contributed by atoms with Crippen molar-refractivity contribution >= 4 is 5.97 Å². The minimum Gasteiger partial charge on any atom is -0.478 e. The van der Waals surface area contributed by atoms with Crippen LogP contribution in [-0.4, -0.2) is 11.1 Å². The highest BCUT2D eigenvalue weighted by atomic mass is 16.4. The summed E-state index contributed by atoms with van der Waals surface area (Å²) in [4.78, 5) is 10.2. The van der Waals surface area contributed by atoms with Gasteiger partial charge in [-0.2, -0.15) is 0 Å². The highest BCUT2D eigenvalue weighted by Crippen LogP contribution is 2.31. The van der Waals surface area contributed by atoms with Crippen LogP contribution in [-0.2, 0) is 4.79 Å². The fourth-order valence-corrected chi connectivity index (χ4v) is 1.47. The van der Waals surface area contributed by atoms with Crippen LogP contribution in [0.3, 0.4) is 0 Å². The molecule has 0 spiro atoms. The maximum absolute atomic E-state index is 10.2. The number of carboxylic acid groups (broad SMARTS) is 1. The van der Waals surface area contributed by atoms with E-state index < -0.39 is 5.97 Å². The molecule has 0 aromatic carbocycles. The molecular weight excluding hydrogens is 164 g/mol. The number of aliphatic carboxylic acids is 1. The topological polar surface area (TPSA) is 37.3 Å². The van der Waals surface area contributed by atoms with Gasteiger partial charge in [0.15, 0.2) is 0 Å². The Morgan fingerprint density at radius 1 is 1.46 bits per heavy atom. The standard InChI is InChI=1S/C11H20O2/c1-4-8-11(3,5-2)9-6-7-10(12)13/h6-7H,4-5,8-9H2,1-3H3,(H,12,13). The van der Waals surface area contributed by atoms with Crippen LogP contribution in [0.15, 0.2) is 12.2 Å². The maximum atomic E-state index is 10.2. The van der Waals surface area contributed by atoms with E-state index in [0.717, 1.165) is 25.7 Å². The van der Waals surface area contributed by atoms with Crippen molar-refractivity contribution in [2.75, 3.05) is 0 Å². The Morgan fingerprint density at radius 2 is 2.08 bits per heavy atom. The molecule has 0 heterocycles. The van der Waals surface area contributed by atoms with Gasteiger partial charge in [0.1, 0.15) is 0 Å². The van der Waals surface area contributed by atoms with Crippen molar-refractivity contribution in [3.05, 3.63) is 12.2 Å². The first-order valence-electron chi connectivity index (χ1n) is 4.93. The summed E-state index contributed by atoms with van der Waals surface area (Å²) in [6.07, 6.45) is 7.29. The van der Waals surface area contributed by atoms with E-state index in [1.54, 1.807) is 6.08 Å². The van der Waals surface area contributed by atoms with Gasteiger partial charge in [0.25, 0.3) is 0 Å². The van der Waals surface area contributed by atoms with Gasteiger partial charge in [0.2, 0.25) is 0 Å². The first kappa shape index (κ1) is 12.2. The fraction of sp³-hybridized carbons (Fsp3) is 0.727. The van der Waals surface area contributed by atoms with Gasteiger partial charge in [0, 0.05) is 6.08 Å². The van der Waals surface area contributed by atoms with Gasteiger partial charge in [-0.15, -0.1) is 0 Å². The zero-order valence-electron chi connectivity index (χ0n) is 8.84. The zero-order valence-corrected chi connectivity index (χ0v) is 8.84. The van der Waals surface area contributed by atoms with Crippen LogP contribution in [0.2, 0.25) is 0 Å². The number of allylic oxidation sites excluding steroid dienone is 1. The van der Waals surface area contributed by atoms with Crippen LogP contribution in [0.25, 0.3) is 0 Å². The van der Waals surface area contributed by atoms with Crippen molar-refractivity contribution in [2.24, 2.45) is 5.41 Å². The summed E-state index contributed by atoms with van der Waals surface area (Å²) in [5.41, 5.74) is 0.278. The van der Waals surface area contributed by atoms with E-state index in [4.69, 9.17) is 5.11 Å². The van der Waals surface area contributed by atoms with Crippen LogP contribution in [0.5, 0.6) is 0 Å². The lowest BCUT2D eigenvalue weighted by Crippen LogP contribution is -2.13. The largest absolute Gasteiger partial charge is 0.478 e. The van der Waals surface area contributed by atoms with Crippen LogP contribution in [0, 0.1) is 5.41 Å². The third-order valence-electron chi connectivity index (χ3n) is 2.58. The van der Waals surface area contributed by atoms with Crippen molar-refractivity contribution in [1.82, 2.24) is 0 Å². The number of carboxylic acids is 1. The highest BCUT2D eigenvalue weighted by Gasteiger charge is 2.18. The Labute approximate surface area is 80.7 Å². The van der Waals surface area contributed by atoms with E-state index >= 15 is 0 Å². The van der Waals surface area contributed by atoms with Gasteiger partial charge >= 0.3 is 5.97 Å². The van der Waals surface area contributed by atoms with Crippen LogP contribution >= 0.6 is 0 Å². The Hall–Kier alpha value is -0.790. The van der Waals surface area contributed by atoms with Crippen LogP contribution in [0.4, 0.5) is 0 Å². The molecule has 0 aromatic rings. The molecule has 0 aliphatic heterocycles. The molecule has 1 N–H and O–H groups in total. The Bertz CT molecular complexity index is 185. The van der Waals surface area contributed by atoms with Crippen LogP contribution in [0.1, 0.15) is 46.5 Å². The van der Waals surface area contributed by atoms with Crippen molar-refractivity contribution in [3.63, 3.8) is 0 Å². The van der Waals surface area contributed by atoms with E-state index in [9.17, 15) is 4.79 Å². The second kappa shape index (κ2) is 5.79. The van der Waals surface area contributed by atoms with Crippen molar-refractivity contribution in [1.29, 1.82) is 0 Å². The van der Waals surface area contributed by atoms with Crippen molar-refractivity contribution in [2.45, 2.75) is 46.5 Å². The minimum absolute atomic E-state index is 0.278. The minimum atomic E-state index is -0.852. The molecule has 0 aliphatic carbocycles. The first-order valence-corrected chi connectivity index (χ1v) is 4.93. The van der Waals surface area contributed by atoms with Gasteiger partial charge in [-0.1, -0.05) is 39.7 Å². The van der Waals surface area contributed by atoms with E-state index in [1.165, 1.54) is 6.08 Å². The molecule has 0 amide bonds. The monoisotopic (exact) mass is 184 g/mol. The molecule has 0 saturated heterocycles. The molecule has 2 heteroatoms. The average Bonchev–Trinajstić information content (AvgIpc) is 2.04. The van der Waals surface area contributed by atoms with Gasteiger partial charge in [-0.3, -0.25) is 0 Å². The number of hydrogen-bond acceptors (Lipinski definition) is 1. The summed E-state index contributed by atoms with van der Waals surface area (Å²) in [5.74, 6) is -0.852. The lowest BCUT2D eigenvalue weighted by Gasteiger charge is -2.26. The Kier molecular flexibility index (Phi) is 5.44. The molecule has 13 heavy (non-hydrogen) atoms.